The Morgan fingerprint density at radius 3 is 1.59 bits per heavy atom. The van der Waals surface area contributed by atoms with Gasteiger partial charge >= 0.3 is 0 Å². The molecule has 0 fully saturated rings. The molecule has 0 unspecified atom stereocenters. The number of nitrogens with two attached hydrogens (primary N) is 2. The quantitative estimate of drug-likeness (QED) is 0.0921. The highest BCUT2D eigenvalue weighted by molar-refractivity contribution is 7.89. The van der Waals surface area contributed by atoms with Crippen molar-refractivity contribution in [3.8, 4) is 22.5 Å². The van der Waals surface area contributed by atoms with Gasteiger partial charge in [-0.05, 0) is 73.5 Å². The van der Waals surface area contributed by atoms with E-state index >= 15 is 0 Å². The summed E-state index contributed by atoms with van der Waals surface area (Å²) in [5, 5.41) is 30.9. The lowest BCUT2D eigenvalue weighted by Gasteiger charge is -2.13. The van der Waals surface area contributed by atoms with Crippen LogP contribution in [-0.2, 0) is 48.1 Å². The Morgan fingerprint density at radius 1 is 0.732 bits per heavy atom. The van der Waals surface area contributed by atoms with Crippen LogP contribution in [0.3, 0.4) is 0 Å². The van der Waals surface area contributed by atoms with Crippen LogP contribution in [0, 0.1) is 0 Å². The number of anilines is 2. The third kappa shape index (κ3) is 11.3. The van der Waals surface area contributed by atoms with Gasteiger partial charge in [-0.15, -0.1) is 22.7 Å². The number of hydrogen-bond donors (Lipinski definition) is 5. The number of aliphatic hydroxyl groups is 1. The molecule has 2 heterocycles. The smallest absolute Gasteiger partial charge is 0.238 e. The van der Waals surface area contributed by atoms with Crippen molar-refractivity contribution < 1.29 is 31.5 Å². The molecule has 0 atom stereocenters. The van der Waals surface area contributed by atoms with Gasteiger partial charge in [0.25, 0.3) is 0 Å². The number of amides is 2. The summed E-state index contributed by atoms with van der Waals surface area (Å²) in [6.07, 6.45) is 0.103. The molecule has 0 aliphatic rings. The summed E-state index contributed by atoms with van der Waals surface area (Å²) in [5.41, 5.74) is 3.93. The molecular weight excluding hydrogens is 840 g/mol. The van der Waals surface area contributed by atoms with Crippen LogP contribution in [0.15, 0.2) is 111 Å². The van der Waals surface area contributed by atoms with Crippen LogP contribution in [0.25, 0.3) is 22.5 Å². The van der Waals surface area contributed by atoms with Crippen LogP contribution in [0.4, 0.5) is 11.4 Å². The van der Waals surface area contributed by atoms with Crippen molar-refractivity contribution in [2.24, 2.45) is 10.3 Å². The molecule has 0 bridgehead atoms. The van der Waals surface area contributed by atoms with Gasteiger partial charge in [-0.25, -0.2) is 37.1 Å². The Morgan fingerprint density at radius 2 is 1.20 bits per heavy atom. The first-order chi connectivity index (χ1) is 26.3. The van der Waals surface area contributed by atoms with E-state index in [0.29, 0.717) is 48.8 Å². The second-order valence-electron chi connectivity index (χ2n) is 12.6. The van der Waals surface area contributed by atoms with Gasteiger partial charge in [-0.1, -0.05) is 59.6 Å². The molecule has 0 spiro atoms. The summed E-state index contributed by atoms with van der Waals surface area (Å²) in [4.78, 5) is 32.8. The molecule has 2 aromatic heterocycles. The van der Waals surface area contributed by atoms with Gasteiger partial charge in [0.1, 0.15) is 10.6 Å². The molecule has 4 aromatic carbocycles. The highest BCUT2D eigenvalue weighted by Crippen LogP contribution is 2.34. The second-order valence-corrected chi connectivity index (χ2v) is 18.1. The van der Waals surface area contributed by atoms with Crippen molar-refractivity contribution in [1.29, 1.82) is 0 Å². The molecule has 0 radical (unpaired) electrons. The largest absolute Gasteiger partial charge is 0.383 e. The van der Waals surface area contributed by atoms with Gasteiger partial charge in [0.2, 0.25) is 31.9 Å². The third-order valence-corrected chi connectivity index (χ3v) is 12.2. The predicted molar refractivity (Wildman–Crippen MR) is 221 cm³/mol. The molecule has 7 N–H and O–H groups in total. The monoisotopic (exact) mass is 872 g/mol. The number of benzene rings is 4. The summed E-state index contributed by atoms with van der Waals surface area (Å²) < 4.78 is 48.2. The normalized spacial score (nSPS) is 11.7. The Balaban J connectivity index is 0.000000216. The van der Waals surface area contributed by atoms with E-state index in [1.165, 1.54) is 40.9 Å². The predicted octanol–water partition coefficient (Wildman–Crippen LogP) is 6.81. The van der Waals surface area contributed by atoms with Crippen LogP contribution >= 0.6 is 45.9 Å². The van der Waals surface area contributed by atoms with E-state index in [4.69, 9.17) is 33.5 Å². The van der Waals surface area contributed by atoms with Crippen molar-refractivity contribution in [2.45, 2.75) is 42.1 Å². The van der Waals surface area contributed by atoms with Crippen molar-refractivity contribution in [2.75, 3.05) is 10.6 Å². The SMILES string of the molecule is CC(C)(O)c1nc(-c2ccc(NC(=O)Cc3ccccc3Cl)cc2S(N)(=O)=O)cs1.NS(=O)(=O)c1cc(NC(=O)Cc2ccccc2Cl)ccc1-c1cscn1. The first-order valence-electron chi connectivity index (χ1n) is 16.3. The number of hydrogen-bond acceptors (Lipinski definition) is 11. The third-order valence-electron chi connectivity index (χ3n) is 7.77. The molecule has 0 saturated carbocycles. The van der Waals surface area contributed by atoms with Gasteiger partial charge in [0.05, 0.1) is 39.5 Å². The highest BCUT2D eigenvalue weighted by Gasteiger charge is 2.24. The summed E-state index contributed by atoms with van der Waals surface area (Å²) in [7, 11) is -8.09. The molecular formula is C37H34Cl2N6O7S4. The summed E-state index contributed by atoms with van der Waals surface area (Å²) in [6, 6.07) is 22.9. The number of aromatic nitrogens is 2. The number of halogens is 2. The number of carbonyl (C=O) groups excluding carboxylic acids is 2. The van der Waals surface area contributed by atoms with Crippen LogP contribution in [0.2, 0.25) is 10.0 Å². The number of sulfonamides is 2. The maximum Gasteiger partial charge on any atom is 0.238 e. The Bertz CT molecular complexity index is 2610. The second kappa shape index (κ2) is 17.7. The van der Waals surface area contributed by atoms with Crippen molar-refractivity contribution in [3.63, 3.8) is 0 Å². The standard InChI is InChI=1S/C20H20ClN3O4S2.C17H14ClN3O3S2/c1-20(2,26)19-24-16(11-29-19)14-8-7-13(10-17(14)30(22,27)28)23-18(25)9-12-5-3-4-6-15(12)21;18-14-4-2-1-3-11(14)7-17(22)21-12-5-6-13(15-9-25-10-20-15)16(8-12)26(19,23)24/h3-8,10-11,26H,9H2,1-2H3,(H,23,25)(H2,22,27,28);1-6,8-10H,7H2,(H,21,22)(H2,19,23,24). The fraction of sp³-hybridized carbons (Fsp3) is 0.135. The lowest BCUT2D eigenvalue weighted by atomic mass is 10.1. The zero-order valence-electron chi connectivity index (χ0n) is 29.6. The first-order valence-corrected chi connectivity index (χ1v) is 21.9. The van der Waals surface area contributed by atoms with Crippen molar-refractivity contribution in [1.82, 2.24) is 9.97 Å². The molecule has 2 amide bonds. The summed E-state index contributed by atoms with van der Waals surface area (Å²) in [5.74, 6) is -0.672. The fourth-order valence-electron chi connectivity index (χ4n) is 5.16. The average Bonchev–Trinajstić information content (AvgIpc) is 3.84. The number of rotatable bonds is 11. The number of thiazole rings is 2. The summed E-state index contributed by atoms with van der Waals surface area (Å²) >= 11 is 14.7. The highest BCUT2D eigenvalue weighted by atomic mass is 35.5. The van der Waals surface area contributed by atoms with E-state index < -0.39 is 25.6 Å². The topological polar surface area (TPSA) is 225 Å². The van der Waals surface area contributed by atoms with Crippen LogP contribution < -0.4 is 20.9 Å². The molecule has 0 aliphatic carbocycles. The zero-order valence-corrected chi connectivity index (χ0v) is 34.3. The fourth-order valence-corrected chi connectivity index (χ4v) is 8.50. The van der Waals surface area contributed by atoms with Crippen LogP contribution in [0.5, 0.6) is 0 Å². The lowest BCUT2D eigenvalue weighted by molar-refractivity contribution is -0.116. The Kier molecular flexibility index (Phi) is 13.5. The van der Waals surface area contributed by atoms with Crippen molar-refractivity contribution in [3.05, 3.63) is 127 Å². The zero-order chi connectivity index (χ0) is 40.8. The minimum Gasteiger partial charge on any atom is -0.383 e. The van der Waals surface area contributed by atoms with Gasteiger partial charge in [-0.2, -0.15) is 0 Å². The number of carbonyl (C=O) groups is 2. The van der Waals surface area contributed by atoms with Crippen molar-refractivity contribution >= 4 is 89.1 Å². The summed E-state index contributed by atoms with van der Waals surface area (Å²) in [6.45, 7) is 3.18. The molecule has 0 aliphatic heterocycles. The minimum atomic E-state index is -4.10. The number of primary sulfonamides is 2. The number of nitrogens with one attached hydrogen (secondary N) is 2. The number of nitrogens with zero attached hydrogens (tertiary/aromatic N) is 2. The minimum absolute atomic E-state index is 0.0349. The van der Waals surface area contributed by atoms with E-state index in [1.807, 2.05) is 0 Å². The molecule has 19 heteroatoms. The van der Waals surface area contributed by atoms with E-state index in [-0.39, 0.29) is 45.7 Å². The molecule has 6 aromatic rings. The Hall–Kier alpha value is -4.56. The molecule has 292 valence electrons. The van der Waals surface area contributed by atoms with E-state index in [1.54, 1.807) is 96.8 Å². The average molecular weight is 874 g/mol. The van der Waals surface area contributed by atoms with Gasteiger partial charge in [0, 0.05) is 43.3 Å². The van der Waals surface area contributed by atoms with E-state index in [2.05, 4.69) is 20.6 Å². The van der Waals surface area contributed by atoms with Crippen LogP contribution in [0.1, 0.15) is 30.0 Å². The molecule has 56 heavy (non-hydrogen) atoms. The maximum atomic E-state index is 12.4. The van der Waals surface area contributed by atoms with E-state index in [0.717, 1.165) is 0 Å². The van der Waals surface area contributed by atoms with Gasteiger partial charge < -0.3 is 15.7 Å². The lowest BCUT2D eigenvalue weighted by Crippen LogP contribution is -2.17. The Labute approximate surface area is 341 Å². The first kappa shape index (κ1) is 42.6. The van der Waals surface area contributed by atoms with Crippen LogP contribution in [-0.4, -0.2) is 43.7 Å². The van der Waals surface area contributed by atoms with E-state index in [9.17, 15) is 31.5 Å². The molecule has 13 nitrogen and oxygen atoms in total. The maximum absolute atomic E-state index is 12.4. The molecule has 6 rings (SSSR count). The van der Waals surface area contributed by atoms with Gasteiger partial charge in [0.15, 0.2) is 0 Å². The molecule has 0 saturated heterocycles. The van der Waals surface area contributed by atoms with Gasteiger partial charge in [-0.3, -0.25) is 9.59 Å².